The molecule has 4 nitrogen and oxygen atoms in total. The van der Waals surface area contributed by atoms with Gasteiger partial charge in [-0.1, -0.05) is 23.8 Å². The molecule has 118 valence electrons. The van der Waals surface area contributed by atoms with Gasteiger partial charge in [-0.25, -0.2) is 4.52 Å². The molecule has 0 saturated carbocycles. The van der Waals surface area contributed by atoms with Crippen LogP contribution in [-0.4, -0.2) is 14.2 Å². The van der Waals surface area contributed by atoms with E-state index < -0.39 is 0 Å². The van der Waals surface area contributed by atoms with E-state index >= 15 is 0 Å². The molecule has 0 atom stereocenters. The van der Waals surface area contributed by atoms with E-state index in [1.807, 2.05) is 17.0 Å². The van der Waals surface area contributed by atoms with Crippen LogP contribution in [0.4, 0.5) is 0 Å². The zero-order chi connectivity index (χ0) is 16.0. The second-order valence-corrected chi connectivity index (χ2v) is 6.59. The summed E-state index contributed by atoms with van der Waals surface area (Å²) in [4.78, 5) is 12.9. The summed E-state index contributed by atoms with van der Waals surface area (Å²) in [5, 5.41) is 4.59. The molecule has 23 heavy (non-hydrogen) atoms. The lowest BCUT2D eigenvalue weighted by atomic mass is 9.97. The highest BCUT2D eigenvalue weighted by Gasteiger charge is 2.19. The van der Waals surface area contributed by atoms with Crippen molar-refractivity contribution < 1.29 is 0 Å². The maximum Gasteiger partial charge on any atom is 0.277 e. The minimum absolute atomic E-state index is 0.0723. The second-order valence-electron chi connectivity index (χ2n) is 6.59. The third-order valence-electron chi connectivity index (χ3n) is 4.87. The predicted molar refractivity (Wildman–Crippen MR) is 91.1 cm³/mol. The van der Waals surface area contributed by atoms with Crippen LogP contribution in [-0.2, 0) is 19.4 Å². The van der Waals surface area contributed by atoms with Crippen molar-refractivity contribution >= 4 is 5.52 Å². The minimum Gasteiger partial charge on any atom is -0.308 e. The summed E-state index contributed by atoms with van der Waals surface area (Å²) in [5.74, 6) is 0. The van der Waals surface area contributed by atoms with Crippen molar-refractivity contribution in [3.8, 4) is 0 Å². The summed E-state index contributed by atoms with van der Waals surface area (Å²) in [6, 6.07) is 6.39. The standard InChI is InChI=1S/C19H21N3O/c1-13-7-8-15(14(2)11-13)12-21-9-10-22-18(19(21)23)16-5-3-4-6-17(16)20-22/h7-11H,3-6,12H2,1-2H3. The lowest BCUT2D eigenvalue weighted by molar-refractivity contribution is 0.673. The van der Waals surface area contributed by atoms with Crippen molar-refractivity contribution in [2.75, 3.05) is 0 Å². The number of aromatic nitrogens is 3. The lowest BCUT2D eigenvalue weighted by Crippen LogP contribution is -2.23. The molecule has 0 fully saturated rings. The highest BCUT2D eigenvalue weighted by molar-refractivity contribution is 5.56. The summed E-state index contributed by atoms with van der Waals surface area (Å²) in [7, 11) is 0. The van der Waals surface area contributed by atoms with Gasteiger partial charge >= 0.3 is 0 Å². The van der Waals surface area contributed by atoms with Gasteiger partial charge in [-0.2, -0.15) is 5.10 Å². The molecule has 0 unspecified atom stereocenters. The largest absolute Gasteiger partial charge is 0.308 e. The van der Waals surface area contributed by atoms with Crippen molar-refractivity contribution in [3.63, 3.8) is 0 Å². The van der Waals surface area contributed by atoms with Crippen molar-refractivity contribution in [2.45, 2.75) is 46.1 Å². The van der Waals surface area contributed by atoms with Gasteiger partial charge in [-0.3, -0.25) is 4.79 Å². The van der Waals surface area contributed by atoms with E-state index in [-0.39, 0.29) is 5.56 Å². The fourth-order valence-electron chi connectivity index (χ4n) is 3.59. The monoisotopic (exact) mass is 307 g/mol. The van der Waals surface area contributed by atoms with Crippen LogP contribution in [0.5, 0.6) is 0 Å². The van der Waals surface area contributed by atoms with Crippen molar-refractivity contribution in [2.24, 2.45) is 0 Å². The van der Waals surface area contributed by atoms with Gasteiger partial charge in [0, 0.05) is 18.0 Å². The van der Waals surface area contributed by atoms with E-state index in [1.54, 1.807) is 4.52 Å². The van der Waals surface area contributed by atoms with Gasteiger partial charge in [-0.15, -0.1) is 0 Å². The first-order valence-corrected chi connectivity index (χ1v) is 8.29. The summed E-state index contributed by atoms with van der Waals surface area (Å²) < 4.78 is 3.58. The summed E-state index contributed by atoms with van der Waals surface area (Å²) in [5.41, 5.74) is 6.78. The zero-order valence-electron chi connectivity index (χ0n) is 13.7. The molecule has 1 aliphatic carbocycles. The van der Waals surface area contributed by atoms with Crippen LogP contribution in [0.3, 0.4) is 0 Å². The van der Waals surface area contributed by atoms with E-state index in [2.05, 4.69) is 37.1 Å². The van der Waals surface area contributed by atoms with Gasteiger partial charge in [0.1, 0.15) is 5.52 Å². The summed E-state index contributed by atoms with van der Waals surface area (Å²) in [6.45, 7) is 4.81. The molecule has 3 aromatic rings. The molecule has 1 aliphatic rings. The predicted octanol–water partition coefficient (Wildman–Crippen LogP) is 3.04. The highest BCUT2D eigenvalue weighted by Crippen LogP contribution is 2.22. The van der Waals surface area contributed by atoms with E-state index in [1.165, 1.54) is 23.1 Å². The number of fused-ring (bicyclic) bond motifs is 3. The Kier molecular flexibility index (Phi) is 3.33. The molecule has 0 saturated heterocycles. The van der Waals surface area contributed by atoms with Crippen LogP contribution in [0, 0.1) is 13.8 Å². The first kappa shape index (κ1) is 14.2. The number of hydrogen-bond acceptors (Lipinski definition) is 2. The van der Waals surface area contributed by atoms with Gasteiger partial charge < -0.3 is 4.57 Å². The first-order chi connectivity index (χ1) is 11.1. The molecule has 2 heterocycles. The molecular formula is C19H21N3O. The van der Waals surface area contributed by atoms with Crippen LogP contribution < -0.4 is 5.56 Å². The van der Waals surface area contributed by atoms with Crippen LogP contribution >= 0.6 is 0 Å². The average Bonchev–Trinajstić information content (AvgIpc) is 2.91. The van der Waals surface area contributed by atoms with Crippen LogP contribution in [0.2, 0.25) is 0 Å². The van der Waals surface area contributed by atoms with Crippen LogP contribution in [0.25, 0.3) is 5.52 Å². The number of aryl methyl sites for hydroxylation is 4. The van der Waals surface area contributed by atoms with E-state index in [4.69, 9.17) is 0 Å². The molecular weight excluding hydrogens is 286 g/mol. The molecule has 4 rings (SSSR count). The molecule has 1 aromatic carbocycles. The van der Waals surface area contributed by atoms with Gasteiger partial charge in [-0.05, 0) is 50.7 Å². The Morgan fingerprint density at radius 1 is 1.13 bits per heavy atom. The molecule has 0 bridgehead atoms. The van der Waals surface area contributed by atoms with Crippen LogP contribution in [0.1, 0.15) is 40.8 Å². The fraction of sp³-hybridized carbons (Fsp3) is 0.368. The Morgan fingerprint density at radius 3 is 2.78 bits per heavy atom. The number of benzene rings is 1. The third kappa shape index (κ3) is 2.38. The summed E-state index contributed by atoms with van der Waals surface area (Å²) in [6.07, 6.45) is 8.06. The number of hydrogen-bond donors (Lipinski definition) is 0. The van der Waals surface area contributed by atoms with Crippen LogP contribution in [0.15, 0.2) is 35.4 Å². The van der Waals surface area contributed by atoms with E-state index in [0.29, 0.717) is 6.54 Å². The Hall–Kier alpha value is -2.36. The molecule has 2 aromatic heterocycles. The topological polar surface area (TPSA) is 39.3 Å². The average molecular weight is 307 g/mol. The van der Waals surface area contributed by atoms with Crippen molar-refractivity contribution in [1.29, 1.82) is 0 Å². The van der Waals surface area contributed by atoms with Gasteiger partial charge in [0.25, 0.3) is 5.56 Å². The Bertz CT molecular complexity index is 949. The normalized spacial score (nSPS) is 14.2. The van der Waals surface area contributed by atoms with Gasteiger partial charge in [0.05, 0.1) is 12.2 Å². The minimum atomic E-state index is 0.0723. The van der Waals surface area contributed by atoms with E-state index in [0.717, 1.165) is 36.0 Å². The number of rotatable bonds is 2. The quantitative estimate of drug-likeness (QED) is 0.730. The molecule has 4 heteroatoms. The van der Waals surface area contributed by atoms with E-state index in [9.17, 15) is 4.79 Å². The molecule has 0 N–H and O–H groups in total. The smallest absolute Gasteiger partial charge is 0.277 e. The SMILES string of the molecule is Cc1ccc(Cn2ccn3nc4c(c3c2=O)CCCC4)c(C)c1. The highest BCUT2D eigenvalue weighted by atomic mass is 16.1. The maximum atomic E-state index is 12.9. The maximum absolute atomic E-state index is 12.9. The van der Waals surface area contributed by atoms with Crippen molar-refractivity contribution in [3.05, 3.63) is 68.9 Å². The lowest BCUT2D eigenvalue weighted by Gasteiger charge is -2.11. The number of nitrogens with zero attached hydrogens (tertiary/aromatic N) is 3. The summed E-state index contributed by atoms with van der Waals surface area (Å²) >= 11 is 0. The Balaban J connectivity index is 1.82. The molecule has 0 amide bonds. The fourth-order valence-corrected chi connectivity index (χ4v) is 3.59. The third-order valence-corrected chi connectivity index (χ3v) is 4.87. The van der Waals surface area contributed by atoms with Gasteiger partial charge in [0.15, 0.2) is 0 Å². The van der Waals surface area contributed by atoms with Gasteiger partial charge in [0.2, 0.25) is 0 Å². The zero-order valence-corrected chi connectivity index (χ0v) is 13.7. The molecule has 0 aliphatic heterocycles. The van der Waals surface area contributed by atoms with Crippen molar-refractivity contribution in [1.82, 2.24) is 14.2 Å². The first-order valence-electron chi connectivity index (χ1n) is 8.29. The molecule has 0 spiro atoms. The Labute approximate surface area is 135 Å². The molecule has 0 radical (unpaired) electrons. The Morgan fingerprint density at radius 2 is 1.96 bits per heavy atom. The second kappa shape index (κ2) is 5.37.